The van der Waals surface area contributed by atoms with Gasteiger partial charge in [0, 0.05) is 43.3 Å². The van der Waals surface area contributed by atoms with Gasteiger partial charge in [-0.05, 0) is 24.6 Å². The van der Waals surface area contributed by atoms with Gasteiger partial charge < -0.3 is 20.9 Å². The normalized spacial score (nSPS) is 16.8. The van der Waals surface area contributed by atoms with Gasteiger partial charge in [-0.3, -0.25) is 14.6 Å². The van der Waals surface area contributed by atoms with Gasteiger partial charge in [-0.25, -0.2) is 0 Å². The van der Waals surface area contributed by atoms with E-state index in [-0.39, 0.29) is 30.3 Å². The Bertz CT molecular complexity index is 751. The number of amides is 2. The number of aliphatic imine (C=N–C) groups is 1. The molecule has 144 valence electrons. The first kappa shape index (κ1) is 20.3. The van der Waals surface area contributed by atoms with Gasteiger partial charge in [0.2, 0.25) is 11.8 Å². The van der Waals surface area contributed by atoms with Crippen LogP contribution in [0.25, 0.3) is 0 Å². The van der Waals surface area contributed by atoms with Crippen molar-refractivity contribution in [2.45, 2.75) is 26.3 Å². The summed E-state index contributed by atoms with van der Waals surface area (Å²) < 4.78 is 0. The molecule has 0 spiro atoms. The summed E-state index contributed by atoms with van der Waals surface area (Å²) >= 11 is 0. The van der Waals surface area contributed by atoms with Crippen molar-refractivity contribution in [2.24, 2.45) is 10.9 Å². The highest BCUT2D eigenvalue weighted by molar-refractivity contribution is 5.95. The first-order valence-corrected chi connectivity index (χ1v) is 9.05. The number of guanidine groups is 1. The molecule has 7 nitrogen and oxygen atoms in total. The van der Waals surface area contributed by atoms with Crippen molar-refractivity contribution in [1.29, 1.82) is 0 Å². The van der Waals surface area contributed by atoms with Gasteiger partial charge in [0.15, 0.2) is 5.96 Å². The fourth-order valence-electron chi connectivity index (χ4n) is 2.89. The molecule has 7 heteroatoms. The van der Waals surface area contributed by atoms with Crippen LogP contribution in [0.3, 0.4) is 0 Å². The molecule has 1 heterocycles. The average molecular weight is 369 g/mol. The lowest BCUT2D eigenvalue weighted by atomic mass is 10.2. The third-order valence-electron chi connectivity index (χ3n) is 4.29. The number of benzene rings is 1. The Balaban J connectivity index is 1.79. The summed E-state index contributed by atoms with van der Waals surface area (Å²) in [6.45, 7) is 5.25. The van der Waals surface area contributed by atoms with Crippen molar-refractivity contribution in [1.82, 2.24) is 15.5 Å². The summed E-state index contributed by atoms with van der Waals surface area (Å²) in [6.07, 6.45) is 6.22. The van der Waals surface area contributed by atoms with E-state index in [0.29, 0.717) is 23.8 Å². The maximum Gasteiger partial charge on any atom is 0.243 e. The molecule has 3 N–H and O–H groups in total. The zero-order valence-corrected chi connectivity index (χ0v) is 16.1. The van der Waals surface area contributed by atoms with Crippen LogP contribution in [0.15, 0.2) is 29.3 Å². The summed E-state index contributed by atoms with van der Waals surface area (Å²) in [5, 5.41) is 9.05. The maximum atomic E-state index is 12.1. The first-order valence-electron chi connectivity index (χ1n) is 9.05. The summed E-state index contributed by atoms with van der Waals surface area (Å²) in [4.78, 5) is 30.2. The third-order valence-corrected chi connectivity index (χ3v) is 4.29. The van der Waals surface area contributed by atoms with E-state index >= 15 is 0 Å². The molecule has 2 rings (SSSR count). The van der Waals surface area contributed by atoms with Crippen molar-refractivity contribution in [3.63, 3.8) is 0 Å². The Labute approximate surface area is 160 Å². The van der Waals surface area contributed by atoms with Crippen molar-refractivity contribution in [3.8, 4) is 12.3 Å². The molecule has 1 aromatic rings. The Hall–Kier alpha value is -3.01. The smallest absolute Gasteiger partial charge is 0.243 e. The fraction of sp³-hybridized carbons (Fsp3) is 0.450. The number of terminal acetylenes is 1. The van der Waals surface area contributed by atoms with E-state index in [0.717, 1.165) is 13.0 Å². The van der Waals surface area contributed by atoms with Crippen LogP contribution in [0.5, 0.6) is 0 Å². The van der Waals surface area contributed by atoms with E-state index in [4.69, 9.17) is 6.42 Å². The number of carbonyl (C=O) groups excluding carboxylic acids is 2. The number of anilines is 1. The van der Waals surface area contributed by atoms with Crippen LogP contribution < -0.4 is 16.0 Å². The van der Waals surface area contributed by atoms with Gasteiger partial charge in [0.25, 0.3) is 0 Å². The van der Waals surface area contributed by atoms with Crippen LogP contribution in [0.1, 0.15) is 25.8 Å². The van der Waals surface area contributed by atoms with Crippen LogP contribution in [0.4, 0.5) is 5.69 Å². The molecule has 1 unspecified atom stereocenters. The fourth-order valence-corrected chi connectivity index (χ4v) is 2.89. The van der Waals surface area contributed by atoms with E-state index in [2.05, 4.69) is 26.9 Å². The molecule has 1 aliphatic rings. The molecule has 1 aromatic carbocycles. The highest BCUT2D eigenvalue weighted by atomic mass is 16.2. The lowest BCUT2D eigenvalue weighted by Gasteiger charge is -2.20. The molecule has 0 saturated carbocycles. The molecule has 27 heavy (non-hydrogen) atoms. The van der Waals surface area contributed by atoms with Gasteiger partial charge >= 0.3 is 0 Å². The van der Waals surface area contributed by atoms with Gasteiger partial charge in [-0.15, -0.1) is 6.42 Å². The van der Waals surface area contributed by atoms with Gasteiger partial charge in [0.1, 0.15) is 0 Å². The summed E-state index contributed by atoms with van der Waals surface area (Å²) in [6, 6.07) is 7.24. The highest BCUT2D eigenvalue weighted by Crippen LogP contribution is 2.12. The van der Waals surface area contributed by atoms with E-state index in [1.807, 2.05) is 18.7 Å². The standard InChI is InChI=1S/C20H27N5O2/c1-5-15-7-6-8-16(11-15)23-18(26)12-22-20(21-4)24-17-9-10-25(13-17)19(27)14(2)3/h1,6-8,11,14,17H,9-10,12-13H2,2-4H3,(H,23,26)(H2,21,22,24). The summed E-state index contributed by atoms with van der Waals surface area (Å²) in [7, 11) is 1.65. The SMILES string of the molecule is C#Cc1cccc(NC(=O)CNC(=NC)NC2CCN(C(=O)C(C)C)C2)c1. The number of nitrogens with one attached hydrogen (secondary N) is 3. The minimum atomic E-state index is -0.199. The van der Waals surface area contributed by atoms with Crippen molar-refractivity contribution in [3.05, 3.63) is 29.8 Å². The maximum absolute atomic E-state index is 12.1. The lowest BCUT2D eigenvalue weighted by Crippen LogP contribution is -2.47. The molecule has 0 aromatic heterocycles. The Kier molecular flexibility index (Phi) is 7.24. The quantitative estimate of drug-likeness (QED) is 0.411. The third kappa shape index (κ3) is 6.03. The van der Waals surface area contributed by atoms with Crippen molar-refractivity contribution in [2.75, 3.05) is 32.0 Å². The molecule has 0 bridgehead atoms. The Morgan fingerprint density at radius 3 is 2.85 bits per heavy atom. The minimum Gasteiger partial charge on any atom is -0.352 e. The van der Waals surface area contributed by atoms with Crippen LogP contribution >= 0.6 is 0 Å². The second-order valence-corrected chi connectivity index (χ2v) is 6.77. The van der Waals surface area contributed by atoms with Crippen LogP contribution in [0.2, 0.25) is 0 Å². The van der Waals surface area contributed by atoms with Crippen molar-refractivity contribution >= 4 is 23.5 Å². The Morgan fingerprint density at radius 2 is 2.19 bits per heavy atom. The largest absolute Gasteiger partial charge is 0.352 e. The number of hydrogen-bond acceptors (Lipinski definition) is 3. The molecule has 0 aliphatic carbocycles. The second-order valence-electron chi connectivity index (χ2n) is 6.77. The lowest BCUT2D eigenvalue weighted by molar-refractivity contribution is -0.133. The van der Waals surface area contributed by atoms with Crippen LogP contribution in [0, 0.1) is 18.3 Å². The van der Waals surface area contributed by atoms with E-state index < -0.39 is 0 Å². The predicted octanol–water partition coefficient (Wildman–Crippen LogP) is 1.03. The molecule has 2 amide bonds. The zero-order valence-electron chi connectivity index (χ0n) is 16.1. The van der Waals surface area contributed by atoms with Gasteiger partial charge in [0.05, 0.1) is 6.54 Å². The molecular formula is C20H27N5O2. The topological polar surface area (TPSA) is 85.8 Å². The molecule has 0 radical (unpaired) electrons. The molecule has 1 fully saturated rings. The minimum absolute atomic E-state index is 0.00198. The van der Waals surface area contributed by atoms with Crippen LogP contribution in [-0.4, -0.2) is 55.4 Å². The Morgan fingerprint density at radius 1 is 1.41 bits per heavy atom. The molecule has 1 saturated heterocycles. The molecular weight excluding hydrogens is 342 g/mol. The number of carbonyl (C=O) groups is 2. The summed E-state index contributed by atoms with van der Waals surface area (Å²) in [5.41, 5.74) is 1.36. The molecule has 1 aliphatic heterocycles. The first-order chi connectivity index (χ1) is 12.9. The number of rotatable bonds is 5. The number of nitrogens with zero attached hydrogens (tertiary/aromatic N) is 2. The zero-order chi connectivity index (χ0) is 19.8. The monoisotopic (exact) mass is 369 g/mol. The molecule has 1 atom stereocenters. The predicted molar refractivity (Wildman–Crippen MR) is 107 cm³/mol. The summed E-state index contributed by atoms with van der Waals surface area (Å²) in [5.74, 6) is 3.03. The van der Waals surface area contributed by atoms with E-state index in [9.17, 15) is 9.59 Å². The van der Waals surface area contributed by atoms with Gasteiger partial charge in [-0.1, -0.05) is 25.8 Å². The number of likely N-dealkylation sites (tertiary alicyclic amines) is 1. The van der Waals surface area contributed by atoms with Crippen LogP contribution in [-0.2, 0) is 9.59 Å². The van der Waals surface area contributed by atoms with E-state index in [1.165, 1.54) is 0 Å². The average Bonchev–Trinajstić information content (AvgIpc) is 3.12. The number of hydrogen-bond donors (Lipinski definition) is 3. The van der Waals surface area contributed by atoms with Gasteiger partial charge in [-0.2, -0.15) is 0 Å². The van der Waals surface area contributed by atoms with Crippen molar-refractivity contribution < 1.29 is 9.59 Å². The highest BCUT2D eigenvalue weighted by Gasteiger charge is 2.27. The van der Waals surface area contributed by atoms with E-state index in [1.54, 1.807) is 31.3 Å². The second kappa shape index (κ2) is 9.62.